The first kappa shape index (κ1) is 13.7. The van der Waals surface area contributed by atoms with Gasteiger partial charge in [-0.2, -0.15) is 0 Å². The zero-order valence-corrected chi connectivity index (χ0v) is 12.4. The molecule has 2 aliphatic rings. The van der Waals surface area contributed by atoms with Crippen molar-refractivity contribution in [1.29, 1.82) is 0 Å². The van der Waals surface area contributed by atoms with Crippen LogP contribution in [0.3, 0.4) is 0 Å². The van der Waals surface area contributed by atoms with Gasteiger partial charge in [0.25, 0.3) is 0 Å². The third-order valence-electron chi connectivity index (χ3n) is 4.03. The maximum Gasteiger partial charge on any atom is 0.161 e. The van der Waals surface area contributed by atoms with Crippen molar-refractivity contribution in [1.82, 2.24) is 10.2 Å². The lowest BCUT2D eigenvalue weighted by molar-refractivity contribution is 0.170. The molecule has 4 nitrogen and oxygen atoms in total. The molecule has 1 saturated heterocycles. The molecule has 1 fully saturated rings. The monoisotopic (exact) mass is 276 g/mol. The van der Waals surface area contributed by atoms with Gasteiger partial charge >= 0.3 is 0 Å². The highest BCUT2D eigenvalue weighted by atomic mass is 16.6. The molecule has 0 spiro atoms. The van der Waals surface area contributed by atoms with Gasteiger partial charge in [0, 0.05) is 32.7 Å². The first-order chi connectivity index (χ1) is 9.74. The van der Waals surface area contributed by atoms with Gasteiger partial charge in [-0.1, -0.05) is 13.8 Å². The van der Waals surface area contributed by atoms with Gasteiger partial charge < -0.3 is 14.8 Å². The van der Waals surface area contributed by atoms with Crippen molar-refractivity contribution in [3.63, 3.8) is 0 Å². The molecule has 0 saturated carbocycles. The first-order valence-electron chi connectivity index (χ1n) is 7.59. The number of nitrogens with zero attached hydrogens (tertiary/aromatic N) is 1. The van der Waals surface area contributed by atoms with E-state index in [4.69, 9.17) is 9.47 Å². The Morgan fingerprint density at radius 2 is 1.75 bits per heavy atom. The van der Waals surface area contributed by atoms with Crippen LogP contribution in [-0.4, -0.2) is 44.3 Å². The molecule has 3 rings (SSSR count). The van der Waals surface area contributed by atoms with E-state index in [9.17, 15) is 0 Å². The minimum Gasteiger partial charge on any atom is -0.486 e. The minimum atomic E-state index is 0.503. The highest BCUT2D eigenvalue weighted by molar-refractivity contribution is 5.49. The number of fused-ring (bicyclic) bond motifs is 1. The fourth-order valence-corrected chi connectivity index (χ4v) is 2.93. The van der Waals surface area contributed by atoms with Crippen LogP contribution < -0.4 is 14.8 Å². The van der Waals surface area contributed by atoms with Crippen LogP contribution in [0.5, 0.6) is 11.5 Å². The number of hydrogen-bond acceptors (Lipinski definition) is 4. The van der Waals surface area contributed by atoms with E-state index in [0.29, 0.717) is 19.1 Å². The van der Waals surface area contributed by atoms with E-state index < -0.39 is 0 Å². The van der Waals surface area contributed by atoms with E-state index in [1.54, 1.807) is 0 Å². The summed E-state index contributed by atoms with van der Waals surface area (Å²) in [5, 5.41) is 3.40. The van der Waals surface area contributed by atoms with Crippen molar-refractivity contribution in [2.45, 2.75) is 26.3 Å². The van der Waals surface area contributed by atoms with Gasteiger partial charge in [-0.15, -0.1) is 0 Å². The van der Waals surface area contributed by atoms with E-state index in [2.05, 4.69) is 36.2 Å². The molecular formula is C16H24N2O2. The van der Waals surface area contributed by atoms with Crippen LogP contribution in [-0.2, 0) is 6.54 Å². The molecule has 1 N–H and O–H groups in total. The summed E-state index contributed by atoms with van der Waals surface area (Å²) in [5.74, 6) is 2.32. The SMILES string of the molecule is CC(C)c1cc2c(cc1CN1CCNCC1)OCCO2. The lowest BCUT2D eigenvalue weighted by Crippen LogP contribution is -2.43. The Labute approximate surface area is 121 Å². The van der Waals surface area contributed by atoms with Gasteiger partial charge in [0.05, 0.1) is 0 Å². The summed E-state index contributed by atoms with van der Waals surface area (Å²) < 4.78 is 11.4. The molecule has 0 atom stereocenters. The molecule has 20 heavy (non-hydrogen) atoms. The molecule has 0 aromatic heterocycles. The van der Waals surface area contributed by atoms with Crippen molar-refractivity contribution >= 4 is 0 Å². The van der Waals surface area contributed by atoms with Crippen molar-refractivity contribution in [3.05, 3.63) is 23.3 Å². The van der Waals surface area contributed by atoms with Crippen LogP contribution in [0.15, 0.2) is 12.1 Å². The maximum absolute atomic E-state index is 5.73. The Morgan fingerprint density at radius 1 is 1.10 bits per heavy atom. The number of benzene rings is 1. The third kappa shape index (κ3) is 2.91. The molecule has 1 aromatic carbocycles. The van der Waals surface area contributed by atoms with Crippen molar-refractivity contribution in [3.8, 4) is 11.5 Å². The van der Waals surface area contributed by atoms with Crippen LogP contribution >= 0.6 is 0 Å². The minimum absolute atomic E-state index is 0.503. The predicted octanol–water partition coefficient (Wildman–Crippen LogP) is 1.99. The van der Waals surface area contributed by atoms with E-state index in [1.165, 1.54) is 11.1 Å². The summed E-state index contributed by atoms with van der Waals surface area (Å²) in [6.07, 6.45) is 0. The predicted molar refractivity (Wildman–Crippen MR) is 79.7 cm³/mol. The fourth-order valence-electron chi connectivity index (χ4n) is 2.93. The smallest absolute Gasteiger partial charge is 0.161 e. The zero-order chi connectivity index (χ0) is 13.9. The van der Waals surface area contributed by atoms with Gasteiger partial charge in [-0.25, -0.2) is 0 Å². The molecule has 0 aliphatic carbocycles. The van der Waals surface area contributed by atoms with Crippen LogP contribution in [0.25, 0.3) is 0 Å². The number of ether oxygens (including phenoxy) is 2. The Morgan fingerprint density at radius 3 is 2.40 bits per heavy atom. The normalized spacial score (nSPS) is 19.4. The van der Waals surface area contributed by atoms with Gasteiger partial charge in [0.1, 0.15) is 13.2 Å². The highest BCUT2D eigenvalue weighted by Crippen LogP contribution is 2.36. The van der Waals surface area contributed by atoms with Gasteiger partial charge in [-0.3, -0.25) is 4.90 Å². The zero-order valence-electron chi connectivity index (χ0n) is 12.4. The van der Waals surface area contributed by atoms with Gasteiger partial charge in [0.15, 0.2) is 11.5 Å². The molecule has 1 aromatic rings. The largest absolute Gasteiger partial charge is 0.486 e. The summed E-state index contributed by atoms with van der Waals surface area (Å²) in [6.45, 7) is 11.2. The molecule has 110 valence electrons. The second-order valence-electron chi connectivity index (χ2n) is 5.88. The lowest BCUT2D eigenvalue weighted by atomic mass is 9.95. The van der Waals surface area contributed by atoms with Gasteiger partial charge in [-0.05, 0) is 29.2 Å². The van der Waals surface area contributed by atoms with Crippen molar-refractivity contribution in [2.24, 2.45) is 0 Å². The van der Waals surface area contributed by atoms with Crippen molar-refractivity contribution < 1.29 is 9.47 Å². The Bertz CT molecular complexity index is 468. The number of hydrogen-bond donors (Lipinski definition) is 1. The molecule has 0 unspecified atom stereocenters. The van der Waals surface area contributed by atoms with Crippen LogP contribution in [0.4, 0.5) is 0 Å². The Kier molecular flexibility index (Phi) is 4.13. The highest BCUT2D eigenvalue weighted by Gasteiger charge is 2.19. The molecule has 2 heterocycles. The average Bonchev–Trinajstić information content (AvgIpc) is 2.47. The maximum atomic E-state index is 5.73. The van der Waals surface area contributed by atoms with Crippen LogP contribution in [0, 0.1) is 0 Å². The van der Waals surface area contributed by atoms with E-state index in [-0.39, 0.29) is 0 Å². The standard InChI is InChI=1S/C16H24N2O2/c1-12(2)14-10-16-15(19-7-8-20-16)9-13(14)11-18-5-3-17-4-6-18/h9-10,12,17H,3-8,11H2,1-2H3. The number of piperazine rings is 1. The lowest BCUT2D eigenvalue weighted by Gasteiger charge is -2.29. The second kappa shape index (κ2) is 6.02. The first-order valence-corrected chi connectivity index (χ1v) is 7.59. The van der Waals surface area contributed by atoms with Crippen LogP contribution in [0.2, 0.25) is 0 Å². The topological polar surface area (TPSA) is 33.7 Å². The summed E-state index contributed by atoms with van der Waals surface area (Å²) in [4.78, 5) is 2.51. The molecule has 4 heteroatoms. The van der Waals surface area contributed by atoms with E-state index in [0.717, 1.165) is 44.2 Å². The Balaban J connectivity index is 1.86. The summed E-state index contributed by atoms with van der Waals surface area (Å²) in [7, 11) is 0. The quantitative estimate of drug-likeness (QED) is 0.915. The van der Waals surface area contributed by atoms with E-state index in [1.807, 2.05) is 0 Å². The molecule has 2 aliphatic heterocycles. The van der Waals surface area contributed by atoms with Crippen molar-refractivity contribution in [2.75, 3.05) is 39.4 Å². The molecule has 0 radical (unpaired) electrons. The molecule has 0 amide bonds. The van der Waals surface area contributed by atoms with Crippen LogP contribution in [0.1, 0.15) is 30.9 Å². The average molecular weight is 276 g/mol. The number of rotatable bonds is 3. The summed E-state index contributed by atoms with van der Waals surface area (Å²) in [5.41, 5.74) is 2.76. The Hall–Kier alpha value is -1.26. The molecule has 0 bridgehead atoms. The second-order valence-corrected chi connectivity index (χ2v) is 5.88. The summed E-state index contributed by atoms with van der Waals surface area (Å²) in [6, 6.07) is 4.36. The number of nitrogens with one attached hydrogen (secondary N) is 1. The third-order valence-corrected chi connectivity index (χ3v) is 4.03. The summed E-state index contributed by atoms with van der Waals surface area (Å²) >= 11 is 0. The van der Waals surface area contributed by atoms with E-state index >= 15 is 0 Å². The fraction of sp³-hybridized carbons (Fsp3) is 0.625. The van der Waals surface area contributed by atoms with Gasteiger partial charge in [0.2, 0.25) is 0 Å². The molecular weight excluding hydrogens is 252 g/mol.